The van der Waals surface area contributed by atoms with Crippen molar-refractivity contribution in [2.24, 2.45) is 0 Å². The quantitative estimate of drug-likeness (QED) is 0.640. The fraction of sp³-hybridized carbons (Fsp3) is 0.412. The highest BCUT2D eigenvalue weighted by atomic mass is 16.6. The van der Waals surface area contributed by atoms with E-state index < -0.39 is 10.8 Å². The highest BCUT2D eigenvalue weighted by Gasteiger charge is 2.32. The number of aromatic amines is 1. The molecule has 0 radical (unpaired) electrons. The van der Waals surface area contributed by atoms with Crippen molar-refractivity contribution in [1.29, 1.82) is 0 Å². The molecule has 2 atom stereocenters. The summed E-state index contributed by atoms with van der Waals surface area (Å²) >= 11 is 0. The number of nitrogens with one attached hydrogen (secondary N) is 2. The van der Waals surface area contributed by atoms with Crippen molar-refractivity contribution < 1.29 is 14.5 Å². The molecule has 0 saturated heterocycles. The molecule has 8 nitrogen and oxygen atoms in total. The van der Waals surface area contributed by atoms with E-state index in [1.807, 2.05) is 30.3 Å². The van der Waals surface area contributed by atoms with Gasteiger partial charge in [0.2, 0.25) is 5.69 Å². The molecular formula is C17H20N4O4. The molecule has 0 aliphatic heterocycles. The average Bonchev–Trinajstić information content (AvgIpc) is 2.99. The fourth-order valence-corrected chi connectivity index (χ4v) is 3.12. The molecule has 2 N–H and O–H groups in total. The smallest absolute Gasteiger partial charge is 0.322 e. The minimum Gasteiger partial charge on any atom is -0.488 e. The first-order valence-electron chi connectivity index (χ1n) is 8.28. The number of H-pyrrole nitrogens is 1. The molecule has 1 aromatic heterocycles. The molecule has 1 fully saturated rings. The second kappa shape index (κ2) is 7.33. The van der Waals surface area contributed by atoms with E-state index in [1.165, 1.54) is 6.92 Å². The van der Waals surface area contributed by atoms with E-state index in [0.29, 0.717) is 0 Å². The Hall–Kier alpha value is -2.90. The zero-order chi connectivity index (χ0) is 17.8. The second-order valence-electron chi connectivity index (χ2n) is 6.14. The van der Waals surface area contributed by atoms with E-state index in [0.717, 1.165) is 31.4 Å². The van der Waals surface area contributed by atoms with E-state index in [4.69, 9.17) is 4.74 Å². The number of amides is 1. The van der Waals surface area contributed by atoms with Gasteiger partial charge in [0.15, 0.2) is 0 Å². The lowest BCUT2D eigenvalue weighted by molar-refractivity contribution is -0.385. The molecule has 132 valence electrons. The van der Waals surface area contributed by atoms with E-state index in [9.17, 15) is 14.9 Å². The monoisotopic (exact) mass is 344 g/mol. The number of nitro groups is 1. The normalized spacial score (nSPS) is 20.0. The van der Waals surface area contributed by atoms with Crippen LogP contribution in [0.15, 0.2) is 30.3 Å². The molecule has 0 bridgehead atoms. The van der Waals surface area contributed by atoms with Gasteiger partial charge in [-0.3, -0.25) is 20.0 Å². The Kier molecular flexibility index (Phi) is 4.97. The zero-order valence-electron chi connectivity index (χ0n) is 13.9. The first-order chi connectivity index (χ1) is 12.1. The van der Waals surface area contributed by atoms with Crippen LogP contribution in [0.4, 0.5) is 5.69 Å². The summed E-state index contributed by atoms with van der Waals surface area (Å²) in [6, 6.07) is 9.22. The molecule has 0 spiro atoms. The van der Waals surface area contributed by atoms with Crippen LogP contribution in [0, 0.1) is 17.0 Å². The van der Waals surface area contributed by atoms with Crippen LogP contribution in [0.5, 0.6) is 5.75 Å². The third-order valence-corrected chi connectivity index (χ3v) is 4.36. The second-order valence-corrected chi connectivity index (χ2v) is 6.14. The van der Waals surface area contributed by atoms with E-state index in [1.54, 1.807) is 0 Å². The van der Waals surface area contributed by atoms with Crippen LogP contribution >= 0.6 is 0 Å². The highest BCUT2D eigenvalue weighted by Crippen LogP contribution is 2.25. The number of ether oxygens (including phenoxy) is 1. The van der Waals surface area contributed by atoms with Gasteiger partial charge < -0.3 is 10.1 Å². The molecule has 1 aliphatic rings. The van der Waals surface area contributed by atoms with Gasteiger partial charge in [0, 0.05) is 0 Å². The predicted octanol–water partition coefficient (Wildman–Crippen LogP) is 2.75. The Labute approximate surface area is 144 Å². The lowest BCUT2D eigenvalue weighted by Gasteiger charge is -2.32. The number of aryl methyl sites for hydroxylation is 1. The van der Waals surface area contributed by atoms with Crippen LogP contribution in [0.25, 0.3) is 0 Å². The Bertz CT molecular complexity index is 759. The van der Waals surface area contributed by atoms with Crippen molar-refractivity contribution in [3.63, 3.8) is 0 Å². The SMILES string of the molecule is Cc1[nH]nc(C(=O)N[C@@H]2CCCC[C@@H]2Oc2ccccc2)c1[N+](=O)[O-]. The molecule has 1 amide bonds. The molecule has 0 unspecified atom stereocenters. The maximum atomic E-state index is 12.5. The van der Waals surface area contributed by atoms with Crippen LogP contribution in [0.3, 0.4) is 0 Å². The van der Waals surface area contributed by atoms with Crippen LogP contribution in [-0.2, 0) is 0 Å². The summed E-state index contributed by atoms with van der Waals surface area (Å²) in [6.07, 6.45) is 3.41. The molecule has 8 heteroatoms. The maximum Gasteiger partial charge on any atom is 0.322 e. The van der Waals surface area contributed by atoms with Gasteiger partial charge in [-0.25, -0.2) is 0 Å². The Balaban J connectivity index is 1.73. The molecule has 25 heavy (non-hydrogen) atoms. The summed E-state index contributed by atoms with van der Waals surface area (Å²) in [5.41, 5.74) is -0.212. The van der Waals surface area contributed by atoms with Gasteiger partial charge in [-0.15, -0.1) is 0 Å². The molecule has 1 saturated carbocycles. The van der Waals surface area contributed by atoms with Crippen LogP contribution < -0.4 is 10.1 Å². The van der Waals surface area contributed by atoms with E-state index in [2.05, 4.69) is 15.5 Å². The Morgan fingerprint density at radius 3 is 2.76 bits per heavy atom. The van der Waals surface area contributed by atoms with Gasteiger partial charge in [-0.2, -0.15) is 5.10 Å². The largest absolute Gasteiger partial charge is 0.488 e. The van der Waals surface area contributed by atoms with Crippen molar-refractivity contribution in [1.82, 2.24) is 15.5 Å². The zero-order valence-corrected chi connectivity index (χ0v) is 13.9. The summed E-state index contributed by atoms with van der Waals surface area (Å²) in [5, 5.41) is 20.3. The topological polar surface area (TPSA) is 110 Å². The van der Waals surface area contributed by atoms with Crippen molar-refractivity contribution in [2.45, 2.75) is 44.8 Å². The van der Waals surface area contributed by atoms with E-state index >= 15 is 0 Å². The predicted molar refractivity (Wildman–Crippen MR) is 90.6 cm³/mol. The number of rotatable bonds is 5. The number of nitrogens with zero attached hydrogens (tertiary/aromatic N) is 2. The van der Waals surface area contributed by atoms with Gasteiger partial charge in [0.25, 0.3) is 5.91 Å². The lowest BCUT2D eigenvalue weighted by atomic mass is 9.92. The molecule has 2 aromatic rings. The van der Waals surface area contributed by atoms with Gasteiger partial charge in [-0.1, -0.05) is 24.6 Å². The molecule has 3 rings (SSSR count). The summed E-state index contributed by atoms with van der Waals surface area (Å²) in [6.45, 7) is 1.52. The molecule has 1 heterocycles. The number of carbonyl (C=O) groups excluding carboxylic acids is 1. The maximum absolute atomic E-state index is 12.5. The molecule has 1 aliphatic carbocycles. The van der Waals surface area contributed by atoms with Gasteiger partial charge in [0.1, 0.15) is 17.5 Å². The number of para-hydroxylation sites is 1. The minimum absolute atomic E-state index is 0.167. The fourth-order valence-electron chi connectivity index (χ4n) is 3.12. The van der Waals surface area contributed by atoms with Crippen LogP contribution in [0.2, 0.25) is 0 Å². The number of hydrogen-bond donors (Lipinski definition) is 2. The summed E-state index contributed by atoms with van der Waals surface area (Å²) < 4.78 is 6.01. The first-order valence-corrected chi connectivity index (χ1v) is 8.28. The highest BCUT2D eigenvalue weighted by molar-refractivity contribution is 5.96. The number of carbonyl (C=O) groups is 1. The van der Waals surface area contributed by atoms with Gasteiger partial charge in [0.05, 0.1) is 11.0 Å². The van der Waals surface area contributed by atoms with Gasteiger partial charge in [-0.05, 0) is 38.3 Å². The Morgan fingerprint density at radius 1 is 1.32 bits per heavy atom. The average molecular weight is 344 g/mol. The number of aromatic nitrogens is 2. The summed E-state index contributed by atoms with van der Waals surface area (Å²) in [4.78, 5) is 23.1. The third kappa shape index (κ3) is 3.78. The summed E-state index contributed by atoms with van der Waals surface area (Å²) in [5.74, 6) is 0.194. The van der Waals surface area contributed by atoms with Crippen molar-refractivity contribution in [3.05, 3.63) is 51.8 Å². The third-order valence-electron chi connectivity index (χ3n) is 4.36. The van der Waals surface area contributed by atoms with Gasteiger partial charge >= 0.3 is 5.69 Å². The number of hydrogen-bond acceptors (Lipinski definition) is 5. The lowest BCUT2D eigenvalue weighted by Crippen LogP contribution is -2.47. The summed E-state index contributed by atoms with van der Waals surface area (Å²) in [7, 11) is 0. The minimum atomic E-state index is -0.591. The standard InChI is InChI=1S/C17H20N4O4/c1-11-16(21(23)24)15(20-19-11)17(22)18-13-9-5-6-10-14(13)25-12-7-3-2-4-8-12/h2-4,7-8,13-14H,5-6,9-10H2,1H3,(H,18,22)(H,19,20)/t13-,14+/m1/s1. The van der Waals surface area contributed by atoms with Crippen molar-refractivity contribution in [3.8, 4) is 5.75 Å². The first kappa shape index (κ1) is 16.9. The van der Waals surface area contributed by atoms with Crippen LogP contribution in [0.1, 0.15) is 41.9 Å². The number of benzene rings is 1. The molecule has 1 aromatic carbocycles. The Morgan fingerprint density at radius 2 is 2.04 bits per heavy atom. The van der Waals surface area contributed by atoms with Crippen LogP contribution in [-0.4, -0.2) is 33.2 Å². The van der Waals surface area contributed by atoms with Crippen molar-refractivity contribution in [2.75, 3.05) is 0 Å². The van der Waals surface area contributed by atoms with E-state index in [-0.39, 0.29) is 29.2 Å². The van der Waals surface area contributed by atoms with Crippen molar-refractivity contribution >= 4 is 11.6 Å². The molecular weight excluding hydrogens is 324 g/mol.